The molecular formula is C21H23N5O3S. The predicted molar refractivity (Wildman–Crippen MR) is 115 cm³/mol. The number of amides is 2. The second-order valence-corrected chi connectivity index (χ2v) is 8.92. The first kappa shape index (κ1) is 20.4. The zero-order valence-electron chi connectivity index (χ0n) is 16.7. The quantitative estimate of drug-likeness (QED) is 0.761. The Morgan fingerprint density at radius 3 is 3.00 bits per heavy atom. The van der Waals surface area contributed by atoms with Crippen LogP contribution in [0, 0.1) is 11.3 Å². The summed E-state index contributed by atoms with van der Waals surface area (Å²) in [6.45, 7) is 2.93. The molecule has 0 aliphatic carbocycles. The van der Waals surface area contributed by atoms with Gasteiger partial charge in [0.05, 0.1) is 35.2 Å². The number of nitrogens with zero attached hydrogens (tertiary/aromatic N) is 4. The molecule has 1 aromatic heterocycles. The fourth-order valence-electron chi connectivity index (χ4n) is 3.84. The Morgan fingerprint density at radius 1 is 1.43 bits per heavy atom. The van der Waals surface area contributed by atoms with Gasteiger partial charge in [-0.2, -0.15) is 5.26 Å². The molecule has 8 nitrogen and oxygen atoms in total. The lowest BCUT2D eigenvalue weighted by molar-refractivity contribution is -0.129. The van der Waals surface area contributed by atoms with Crippen molar-refractivity contribution in [3.63, 3.8) is 0 Å². The second kappa shape index (κ2) is 8.13. The molecule has 3 heterocycles. The summed E-state index contributed by atoms with van der Waals surface area (Å²) in [4.78, 5) is 33.2. The summed E-state index contributed by atoms with van der Waals surface area (Å²) in [5.41, 5.74) is 1.32. The summed E-state index contributed by atoms with van der Waals surface area (Å²) in [6, 6.07) is 9.01. The minimum Gasteiger partial charge on any atom is -0.388 e. The van der Waals surface area contributed by atoms with E-state index in [-0.39, 0.29) is 18.4 Å². The maximum absolute atomic E-state index is 12.8. The normalized spacial score (nSPS) is 23.6. The van der Waals surface area contributed by atoms with Crippen LogP contribution in [0.4, 0.5) is 5.69 Å². The lowest BCUT2D eigenvalue weighted by Crippen LogP contribution is -2.42. The average Bonchev–Trinajstić information content (AvgIpc) is 3.36. The van der Waals surface area contributed by atoms with Crippen LogP contribution in [0.25, 0.3) is 10.9 Å². The minimum absolute atomic E-state index is 0.157. The van der Waals surface area contributed by atoms with Crippen LogP contribution in [-0.4, -0.2) is 69.7 Å². The third kappa shape index (κ3) is 4.06. The molecule has 2 aliphatic heterocycles. The van der Waals surface area contributed by atoms with Crippen LogP contribution in [0.5, 0.6) is 0 Å². The largest absolute Gasteiger partial charge is 0.388 e. The molecule has 2 aromatic rings. The van der Waals surface area contributed by atoms with Crippen LogP contribution in [0.1, 0.15) is 23.7 Å². The molecule has 9 heteroatoms. The molecule has 2 N–H and O–H groups in total. The predicted octanol–water partition coefficient (Wildman–Crippen LogP) is 1.35. The van der Waals surface area contributed by atoms with E-state index in [0.717, 1.165) is 12.2 Å². The van der Waals surface area contributed by atoms with Gasteiger partial charge in [-0.05, 0) is 37.6 Å². The molecule has 2 fully saturated rings. The summed E-state index contributed by atoms with van der Waals surface area (Å²) in [5, 5.41) is 22.8. The van der Waals surface area contributed by atoms with Gasteiger partial charge in [-0.25, -0.2) is 0 Å². The van der Waals surface area contributed by atoms with E-state index in [1.807, 2.05) is 25.1 Å². The van der Waals surface area contributed by atoms with Crippen LogP contribution in [0.3, 0.4) is 0 Å². The fraction of sp³-hybridized carbons (Fsp3) is 0.429. The zero-order chi connectivity index (χ0) is 21.3. The van der Waals surface area contributed by atoms with E-state index >= 15 is 0 Å². The number of rotatable bonds is 4. The van der Waals surface area contributed by atoms with Gasteiger partial charge in [0.2, 0.25) is 5.91 Å². The van der Waals surface area contributed by atoms with Crippen LogP contribution >= 0.6 is 11.8 Å². The smallest absolute Gasteiger partial charge is 0.252 e. The monoisotopic (exact) mass is 425 g/mol. The summed E-state index contributed by atoms with van der Waals surface area (Å²) in [6.07, 6.45) is 2.26. The van der Waals surface area contributed by atoms with Crippen LogP contribution in [0.2, 0.25) is 0 Å². The molecule has 0 unspecified atom stereocenters. The van der Waals surface area contributed by atoms with E-state index < -0.39 is 11.6 Å². The van der Waals surface area contributed by atoms with Gasteiger partial charge >= 0.3 is 0 Å². The summed E-state index contributed by atoms with van der Waals surface area (Å²) < 4.78 is 0. The number of fused-ring (bicyclic) bond motifs is 1. The van der Waals surface area contributed by atoms with Crippen molar-refractivity contribution in [2.24, 2.45) is 0 Å². The highest BCUT2D eigenvalue weighted by molar-refractivity contribution is 7.99. The van der Waals surface area contributed by atoms with Gasteiger partial charge < -0.3 is 20.2 Å². The molecule has 2 atom stereocenters. The lowest BCUT2D eigenvalue weighted by Gasteiger charge is -2.21. The van der Waals surface area contributed by atoms with E-state index in [1.165, 1.54) is 16.7 Å². The van der Waals surface area contributed by atoms with Gasteiger partial charge in [0.1, 0.15) is 6.04 Å². The van der Waals surface area contributed by atoms with Crippen molar-refractivity contribution in [2.75, 3.05) is 36.2 Å². The molecule has 0 spiro atoms. The van der Waals surface area contributed by atoms with E-state index in [4.69, 9.17) is 5.26 Å². The molecule has 0 radical (unpaired) electrons. The number of pyridine rings is 1. The summed E-state index contributed by atoms with van der Waals surface area (Å²) in [5.74, 6) is 0.436. The summed E-state index contributed by atoms with van der Waals surface area (Å²) >= 11 is 1.53. The summed E-state index contributed by atoms with van der Waals surface area (Å²) in [7, 11) is 0. The number of nitrogens with one attached hydrogen (secondary N) is 1. The zero-order valence-corrected chi connectivity index (χ0v) is 17.5. The van der Waals surface area contributed by atoms with Crippen LogP contribution in [-0.2, 0) is 4.79 Å². The number of hydrogen-bond donors (Lipinski definition) is 2. The van der Waals surface area contributed by atoms with Crippen molar-refractivity contribution < 1.29 is 14.7 Å². The maximum Gasteiger partial charge on any atom is 0.252 e. The van der Waals surface area contributed by atoms with Crippen LogP contribution < -0.4 is 10.2 Å². The number of nitriles is 1. The van der Waals surface area contributed by atoms with E-state index in [1.54, 1.807) is 12.3 Å². The lowest BCUT2D eigenvalue weighted by atomic mass is 10.1. The Labute approximate surface area is 178 Å². The maximum atomic E-state index is 12.8. The van der Waals surface area contributed by atoms with Crippen LogP contribution in [0.15, 0.2) is 30.5 Å². The van der Waals surface area contributed by atoms with Crippen molar-refractivity contribution in [1.29, 1.82) is 5.26 Å². The van der Waals surface area contributed by atoms with E-state index in [2.05, 4.69) is 21.3 Å². The standard InChI is InChI=1S/C21H23N5O3S/c1-21(29)5-7-25(12-21)14-2-3-18-17(8-14)16(4-6-23-18)20(28)24-10-19(27)26-13-30-11-15(26)9-22/h2-4,6,8,15,29H,5,7,10-13H2,1H3,(H,24,28)/t15-,21-/m1/s1. The Balaban J connectivity index is 1.51. The number of anilines is 1. The highest BCUT2D eigenvalue weighted by Crippen LogP contribution is 2.29. The van der Waals surface area contributed by atoms with Crippen molar-refractivity contribution in [1.82, 2.24) is 15.2 Å². The topological polar surface area (TPSA) is 110 Å². The molecule has 2 aliphatic rings. The number of β-amino-alcohol motifs (C(OH)–C–C–N with tert-alkyl or cyclic N) is 1. The average molecular weight is 426 g/mol. The Bertz CT molecular complexity index is 1030. The van der Waals surface area contributed by atoms with Gasteiger partial charge in [-0.3, -0.25) is 14.6 Å². The number of carbonyl (C=O) groups is 2. The number of aliphatic hydroxyl groups is 1. The van der Waals surface area contributed by atoms with E-state index in [0.29, 0.717) is 41.1 Å². The first-order valence-corrected chi connectivity index (χ1v) is 10.9. The van der Waals surface area contributed by atoms with Gasteiger partial charge in [0.25, 0.3) is 5.91 Å². The molecule has 1 aromatic carbocycles. The highest BCUT2D eigenvalue weighted by atomic mass is 32.2. The first-order valence-electron chi connectivity index (χ1n) is 9.79. The van der Waals surface area contributed by atoms with Gasteiger partial charge in [-0.15, -0.1) is 11.8 Å². The molecule has 2 saturated heterocycles. The number of thioether (sulfide) groups is 1. The second-order valence-electron chi connectivity index (χ2n) is 7.92. The number of hydrogen-bond acceptors (Lipinski definition) is 7. The van der Waals surface area contributed by atoms with Gasteiger partial charge in [0, 0.05) is 36.1 Å². The fourth-order valence-corrected chi connectivity index (χ4v) is 4.95. The van der Waals surface area contributed by atoms with Crippen molar-refractivity contribution in [2.45, 2.75) is 25.0 Å². The molecule has 0 bridgehead atoms. The third-order valence-electron chi connectivity index (χ3n) is 5.54. The third-order valence-corrected chi connectivity index (χ3v) is 6.55. The molecule has 4 rings (SSSR count). The highest BCUT2D eigenvalue weighted by Gasteiger charge is 2.32. The Hall–Kier alpha value is -2.83. The van der Waals surface area contributed by atoms with E-state index in [9.17, 15) is 14.7 Å². The molecule has 0 saturated carbocycles. The van der Waals surface area contributed by atoms with Crippen molar-refractivity contribution >= 4 is 40.2 Å². The Morgan fingerprint density at radius 2 is 2.27 bits per heavy atom. The van der Waals surface area contributed by atoms with Crippen molar-refractivity contribution in [3.8, 4) is 6.07 Å². The minimum atomic E-state index is -0.723. The van der Waals surface area contributed by atoms with Crippen molar-refractivity contribution in [3.05, 3.63) is 36.0 Å². The van der Waals surface area contributed by atoms with Gasteiger partial charge in [-0.1, -0.05) is 0 Å². The number of aromatic nitrogens is 1. The molecular weight excluding hydrogens is 402 g/mol. The molecule has 156 valence electrons. The number of benzene rings is 1. The molecule has 30 heavy (non-hydrogen) atoms. The first-order chi connectivity index (χ1) is 14.4. The SMILES string of the molecule is C[C@@]1(O)CCN(c2ccc3nccc(C(=O)NCC(=O)N4CSC[C@H]4C#N)c3c2)C1. The number of carbonyl (C=O) groups excluding carboxylic acids is 2. The molecule has 2 amide bonds. The Kier molecular flexibility index (Phi) is 5.54. The van der Waals surface area contributed by atoms with Gasteiger partial charge in [0.15, 0.2) is 0 Å².